The lowest BCUT2D eigenvalue weighted by Gasteiger charge is -2.28. The maximum atomic E-state index is 13.1. The van der Waals surface area contributed by atoms with Crippen molar-refractivity contribution in [2.45, 2.75) is 6.92 Å². The van der Waals surface area contributed by atoms with E-state index in [-0.39, 0.29) is 30.8 Å². The van der Waals surface area contributed by atoms with Gasteiger partial charge in [0, 0.05) is 10.4 Å². The number of nitrogens with zero attached hydrogens (tertiary/aromatic N) is 2. The lowest BCUT2D eigenvalue weighted by molar-refractivity contribution is -0.123. The number of halogens is 1. The number of hydrogen-bond donors (Lipinski definition) is 1. The van der Waals surface area contributed by atoms with Gasteiger partial charge in [-0.2, -0.15) is 0 Å². The maximum absolute atomic E-state index is 13.1. The van der Waals surface area contributed by atoms with Crippen LogP contribution in [0.4, 0.5) is 15.2 Å². The second-order valence-corrected chi connectivity index (χ2v) is 7.42. The van der Waals surface area contributed by atoms with E-state index >= 15 is 0 Å². The molecule has 0 bridgehead atoms. The number of benzene rings is 2. The molecule has 0 unspecified atom stereocenters. The van der Waals surface area contributed by atoms with Crippen LogP contribution in [0.25, 0.3) is 11.3 Å². The van der Waals surface area contributed by atoms with Gasteiger partial charge < -0.3 is 10.1 Å². The van der Waals surface area contributed by atoms with Crippen molar-refractivity contribution in [3.63, 3.8) is 0 Å². The topological polar surface area (TPSA) is 71.5 Å². The fourth-order valence-corrected chi connectivity index (χ4v) is 3.81. The highest BCUT2D eigenvalue weighted by atomic mass is 32.1. The van der Waals surface area contributed by atoms with Gasteiger partial charge in [-0.1, -0.05) is 12.1 Å². The van der Waals surface area contributed by atoms with E-state index in [0.717, 1.165) is 10.4 Å². The van der Waals surface area contributed by atoms with Crippen molar-refractivity contribution < 1.29 is 18.7 Å². The van der Waals surface area contributed by atoms with E-state index in [9.17, 15) is 14.0 Å². The summed E-state index contributed by atoms with van der Waals surface area (Å²) < 4.78 is 18.5. The Morgan fingerprint density at radius 2 is 2.00 bits per heavy atom. The first-order valence-electron chi connectivity index (χ1n) is 8.56. The molecular weight excluding hydrogens is 381 g/mol. The van der Waals surface area contributed by atoms with E-state index in [1.54, 1.807) is 30.3 Å². The first-order valence-corrected chi connectivity index (χ1v) is 9.38. The smallest absolute Gasteiger partial charge is 0.265 e. The second kappa shape index (κ2) is 7.40. The Labute approximate surface area is 164 Å². The first-order chi connectivity index (χ1) is 13.5. The maximum Gasteiger partial charge on any atom is 0.265 e. The number of carbonyl (C=O) groups excluding carboxylic acids is 2. The van der Waals surface area contributed by atoms with E-state index < -0.39 is 0 Å². The average Bonchev–Trinajstić information content (AvgIpc) is 3.04. The summed E-state index contributed by atoms with van der Waals surface area (Å²) in [4.78, 5) is 31.4. The highest BCUT2D eigenvalue weighted by Crippen LogP contribution is 2.32. The largest absolute Gasteiger partial charge is 0.482 e. The molecule has 3 aromatic rings. The number of thiazole rings is 1. The molecule has 0 fully saturated rings. The Balaban J connectivity index is 1.50. The molecule has 0 saturated carbocycles. The van der Waals surface area contributed by atoms with Crippen LogP contribution in [0.5, 0.6) is 5.75 Å². The summed E-state index contributed by atoms with van der Waals surface area (Å²) in [6, 6.07) is 13.1. The van der Waals surface area contributed by atoms with Gasteiger partial charge in [-0.05, 0) is 43.3 Å². The zero-order valence-electron chi connectivity index (χ0n) is 14.9. The number of aromatic nitrogens is 1. The van der Waals surface area contributed by atoms with Gasteiger partial charge in [0.05, 0.1) is 11.4 Å². The van der Waals surface area contributed by atoms with Crippen LogP contribution < -0.4 is 15.0 Å². The zero-order valence-corrected chi connectivity index (χ0v) is 15.8. The molecule has 1 aliphatic rings. The Bertz CT molecular complexity index is 1050. The van der Waals surface area contributed by atoms with E-state index in [4.69, 9.17) is 4.74 Å². The Kier molecular flexibility index (Phi) is 4.79. The second-order valence-electron chi connectivity index (χ2n) is 6.22. The standard InChI is InChI=1S/C20H16FN3O3S/c1-12-19(13-6-8-14(21)9-7-13)23-20(28-12)22-17(25)10-24-15-4-2-3-5-16(15)27-11-18(24)26/h2-9H,10-11H2,1H3,(H,22,23,25). The highest BCUT2D eigenvalue weighted by Gasteiger charge is 2.27. The minimum absolute atomic E-state index is 0.102. The first kappa shape index (κ1) is 18.1. The van der Waals surface area contributed by atoms with Crippen LogP contribution in [0.15, 0.2) is 48.5 Å². The SMILES string of the molecule is Cc1sc(NC(=O)CN2C(=O)COc3ccccc32)nc1-c1ccc(F)cc1. The van der Waals surface area contributed by atoms with Crippen molar-refractivity contribution in [1.29, 1.82) is 0 Å². The number of nitrogens with one attached hydrogen (secondary N) is 1. The van der Waals surface area contributed by atoms with Crippen molar-refractivity contribution >= 4 is 34.0 Å². The summed E-state index contributed by atoms with van der Waals surface area (Å²) in [7, 11) is 0. The molecule has 6 nitrogen and oxygen atoms in total. The van der Waals surface area contributed by atoms with E-state index in [2.05, 4.69) is 10.3 Å². The molecule has 2 aromatic carbocycles. The molecule has 0 saturated heterocycles. The van der Waals surface area contributed by atoms with Gasteiger partial charge >= 0.3 is 0 Å². The molecule has 2 heterocycles. The van der Waals surface area contributed by atoms with Gasteiger partial charge in [-0.3, -0.25) is 14.5 Å². The summed E-state index contributed by atoms with van der Waals surface area (Å²) in [5.41, 5.74) is 2.03. The van der Waals surface area contributed by atoms with Gasteiger partial charge in [0.2, 0.25) is 5.91 Å². The lowest BCUT2D eigenvalue weighted by atomic mass is 10.1. The number of ether oxygens (including phenoxy) is 1. The average molecular weight is 397 g/mol. The minimum Gasteiger partial charge on any atom is -0.482 e. The quantitative estimate of drug-likeness (QED) is 0.730. The van der Waals surface area contributed by atoms with Crippen LogP contribution >= 0.6 is 11.3 Å². The van der Waals surface area contributed by atoms with Crippen LogP contribution in [-0.2, 0) is 9.59 Å². The molecule has 8 heteroatoms. The highest BCUT2D eigenvalue weighted by molar-refractivity contribution is 7.16. The lowest BCUT2D eigenvalue weighted by Crippen LogP contribution is -2.43. The molecule has 1 N–H and O–H groups in total. The molecule has 142 valence electrons. The summed E-state index contributed by atoms with van der Waals surface area (Å²) in [5.74, 6) is -0.389. The van der Waals surface area contributed by atoms with E-state index in [0.29, 0.717) is 22.3 Å². The zero-order chi connectivity index (χ0) is 19.7. The van der Waals surface area contributed by atoms with Gasteiger partial charge in [0.25, 0.3) is 5.91 Å². The third kappa shape index (κ3) is 3.59. The molecule has 0 aliphatic carbocycles. The molecule has 0 spiro atoms. The molecule has 0 radical (unpaired) electrons. The number of anilines is 2. The Hall–Kier alpha value is -3.26. The summed E-state index contributed by atoms with van der Waals surface area (Å²) in [6.07, 6.45) is 0. The molecule has 2 amide bonds. The summed E-state index contributed by atoms with van der Waals surface area (Å²) in [6.45, 7) is 1.65. The monoisotopic (exact) mass is 397 g/mol. The Morgan fingerprint density at radius 1 is 1.25 bits per heavy atom. The fourth-order valence-electron chi connectivity index (χ4n) is 2.96. The van der Waals surface area contributed by atoms with Gasteiger partial charge in [-0.25, -0.2) is 9.37 Å². The van der Waals surface area contributed by atoms with Crippen LogP contribution in [0, 0.1) is 12.7 Å². The normalized spacial score (nSPS) is 13.1. The third-order valence-corrected chi connectivity index (χ3v) is 5.16. The number of para-hydroxylation sites is 2. The molecule has 1 aromatic heterocycles. The molecule has 4 rings (SSSR count). The Morgan fingerprint density at radius 3 is 2.79 bits per heavy atom. The molecule has 0 atom stereocenters. The summed E-state index contributed by atoms with van der Waals surface area (Å²) in [5, 5.41) is 3.17. The van der Waals surface area contributed by atoms with Crippen LogP contribution in [-0.4, -0.2) is 29.9 Å². The number of carbonyl (C=O) groups is 2. The number of fused-ring (bicyclic) bond motifs is 1. The van der Waals surface area contributed by atoms with Crippen LogP contribution in [0.2, 0.25) is 0 Å². The van der Waals surface area contributed by atoms with Crippen molar-refractivity contribution in [2.24, 2.45) is 0 Å². The van der Waals surface area contributed by atoms with Crippen molar-refractivity contribution in [2.75, 3.05) is 23.4 Å². The van der Waals surface area contributed by atoms with Gasteiger partial charge in [-0.15, -0.1) is 11.3 Å². The predicted octanol–water partition coefficient (Wildman–Crippen LogP) is 3.62. The minimum atomic E-state index is -0.357. The van der Waals surface area contributed by atoms with Gasteiger partial charge in [0.1, 0.15) is 18.1 Å². The van der Waals surface area contributed by atoms with Crippen molar-refractivity contribution in [3.05, 3.63) is 59.2 Å². The van der Waals surface area contributed by atoms with E-state index in [1.807, 2.05) is 13.0 Å². The number of rotatable bonds is 4. The number of amides is 2. The number of hydrogen-bond acceptors (Lipinski definition) is 5. The predicted molar refractivity (Wildman–Crippen MR) is 105 cm³/mol. The number of aryl methyl sites for hydroxylation is 1. The summed E-state index contributed by atoms with van der Waals surface area (Å²) >= 11 is 1.33. The third-order valence-electron chi connectivity index (χ3n) is 4.27. The van der Waals surface area contributed by atoms with Crippen molar-refractivity contribution in [3.8, 4) is 17.0 Å². The van der Waals surface area contributed by atoms with Crippen molar-refractivity contribution in [1.82, 2.24) is 4.98 Å². The fraction of sp³-hybridized carbons (Fsp3) is 0.150. The van der Waals surface area contributed by atoms with Crippen LogP contribution in [0.1, 0.15) is 4.88 Å². The van der Waals surface area contributed by atoms with Gasteiger partial charge in [0.15, 0.2) is 11.7 Å². The molecule has 1 aliphatic heterocycles. The van der Waals surface area contributed by atoms with E-state index in [1.165, 1.54) is 28.4 Å². The molecular formula is C20H16FN3O3S. The van der Waals surface area contributed by atoms with Crippen LogP contribution in [0.3, 0.4) is 0 Å². The molecule has 28 heavy (non-hydrogen) atoms.